The summed E-state index contributed by atoms with van der Waals surface area (Å²) >= 11 is 0. The maximum absolute atomic E-state index is 13.4. The van der Waals surface area contributed by atoms with Crippen LogP contribution in [-0.2, 0) is 6.54 Å². The standard InChI is InChI=1S/C27H29FN6O2/c1-35-24-9-5-3-7-22(24)26(27-29-30-31-34(27)19-20-11-13-21(28)14-12-20)33-17-15-32(16-18-33)23-8-4-6-10-25(23)36-2/h3-14,26H,15-19H2,1-2H3. The Labute approximate surface area is 209 Å². The molecular weight excluding hydrogens is 459 g/mol. The van der Waals surface area contributed by atoms with Crippen molar-refractivity contribution in [2.75, 3.05) is 45.3 Å². The van der Waals surface area contributed by atoms with E-state index in [1.807, 2.05) is 36.4 Å². The second-order valence-corrected chi connectivity index (χ2v) is 8.66. The van der Waals surface area contributed by atoms with Gasteiger partial charge >= 0.3 is 0 Å². The van der Waals surface area contributed by atoms with Gasteiger partial charge < -0.3 is 14.4 Å². The third kappa shape index (κ3) is 4.87. The summed E-state index contributed by atoms with van der Waals surface area (Å²) in [6.45, 7) is 3.68. The molecule has 1 atom stereocenters. The molecule has 3 aromatic carbocycles. The van der Waals surface area contributed by atoms with Crippen molar-refractivity contribution in [1.29, 1.82) is 0 Å². The van der Waals surface area contributed by atoms with Gasteiger partial charge in [-0.2, -0.15) is 0 Å². The van der Waals surface area contributed by atoms with Gasteiger partial charge in [0, 0.05) is 31.7 Å². The van der Waals surface area contributed by atoms with E-state index in [1.165, 1.54) is 12.1 Å². The molecule has 1 unspecified atom stereocenters. The normalized spacial score (nSPS) is 15.0. The van der Waals surface area contributed by atoms with Gasteiger partial charge in [0.15, 0.2) is 5.82 Å². The molecular formula is C27H29FN6O2. The zero-order valence-corrected chi connectivity index (χ0v) is 20.4. The molecule has 4 aromatic rings. The minimum absolute atomic E-state index is 0.212. The molecule has 0 bridgehead atoms. The monoisotopic (exact) mass is 488 g/mol. The lowest BCUT2D eigenvalue weighted by Crippen LogP contribution is -2.48. The molecule has 8 nitrogen and oxygen atoms in total. The first-order chi connectivity index (χ1) is 17.7. The number of halogens is 1. The van der Waals surface area contributed by atoms with Gasteiger partial charge in [0.1, 0.15) is 23.4 Å². The van der Waals surface area contributed by atoms with Crippen LogP contribution in [-0.4, -0.2) is 65.5 Å². The predicted octanol–water partition coefficient (Wildman–Crippen LogP) is 3.79. The van der Waals surface area contributed by atoms with E-state index < -0.39 is 0 Å². The fourth-order valence-corrected chi connectivity index (χ4v) is 4.79. The predicted molar refractivity (Wildman–Crippen MR) is 135 cm³/mol. The summed E-state index contributed by atoms with van der Waals surface area (Å²) in [6, 6.07) is 22.3. The fraction of sp³-hybridized carbons (Fsp3) is 0.296. The molecule has 36 heavy (non-hydrogen) atoms. The number of nitrogens with zero attached hydrogens (tertiary/aromatic N) is 6. The SMILES string of the molecule is COc1ccccc1C(c1nnnn1Cc1ccc(F)cc1)N1CCN(c2ccccc2OC)CC1. The van der Waals surface area contributed by atoms with Crippen LogP contribution in [0.4, 0.5) is 10.1 Å². The Morgan fingerprint density at radius 2 is 1.50 bits per heavy atom. The Balaban J connectivity index is 1.46. The quantitative estimate of drug-likeness (QED) is 0.374. The Morgan fingerprint density at radius 1 is 0.833 bits per heavy atom. The Morgan fingerprint density at radius 3 is 2.22 bits per heavy atom. The highest BCUT2D eigenvalue weighted by atomic mass is 19.1. The highest BCUT2D eigenvalue weighted by molar-refractivity contribution is 5.58. The molecule has 1 fully saturated rings. The van der Waals surface area contributed by atoms with E-state index in [2.05, 4.69) is 37.5 Å². The maximum Gasteiger partial charge on any atom is 0.173 e. The van der Waals surface area contributed by atoms with Crippen LogP contribution in [0, 0.1) is 5.82 Å². The number of rotatable bonds is 8. The maximum atomic E-state index is 13.4. The largest absolute Gasteiger partial charge is 0.496 e. The minimum Gasteiger partial charge on any atom is -0.496 e. The van der Waals surface area contributed by atoms with Crippen molar-refractivity contribution in [1.82, 2.24) is 25.1 Å². The van der Waals surface area contributed by atoms with Crippen molar-refractivity contribution in [3.05, 3.63) is 95.6 Å². The van der Waals surface area contributed by atoms with Gasteiger partial charge in [0.2, 0.25) is 0 Å². The number of ether oxygens (including phenoxy) is 2. The summed E-state index contributed by atoms with van der Waals surface area (Å²) in [5.41, 5.74) is 3.01. The summed E-state index contributed by atoms with van der Waals surface area (Å²) in [5, 5.41) is 12.8. The number of piperazine rings is 1. The van der Waals surface area contributed by atoms with Crippen molar-refractivity contribution < 1.29 is 13.9 Å². The zero-order valence-electron chi connectivity index (χ0n) is 20.4. The number of aromatic nitrogens is 4. The molecule has 9 heteroatoms. The Bertz CT molecular complexity index is 1290. The summed E-state index contributed by atoms with van der Waals surface area (Å²) in [7, 11) is 3.38. The first kappa shape index (κ1) is 23.7. The van der Waals surface area contributed by atoms with Crippen LogP contribution in [0.2, 0.25) is 0 Å². The van der Waals surface area contributed by atoms with Gasteiger partial charge in [-0.05, 0) is 46.3 Å². The number of anilines is 1. The molecule has 0 radical (unpaired) electrons. The first-order valence-corrected chi connectivity index (χ1v) is 11.9. The third-order valence-corrected chi connectivity index (χ3v) is 6.59. The molecule has 186 valence electrons. The summed E-state index contributed by atoms with van der Waals surface area (Å²) < 4.78 is 26.6. The highest BCUT2D eigenvalue weighted by Crippen LogP contribution is 2.36. The molecule has 0 saturated carbocycles. The Hall–Kier alpha value is -3.98. The number of hydrogen-bond acceptors (Lipinski definition) is 7. The van der Waals surface area contributed by atoms with Crippen molar-refractivity contribution in [3.8, 4) is 11.5 Å². The van der Waals surface area contributed by atoms with Crippen LogP contribution >= 0.6 is 0 Å². The Kier molecular flexibility index (Phi) is 7.08. The van der Waals surface area contributed by atoms with E-state index >= 15 is 0 Å². The van der Waals surface area contributed by atoms with Gasteiger partial charge in [-0.25, -0.2) is 9.07 Å². The van der Waals surface area contributed by atoms with Crippen LogP contribution in [0.25, 0.3) is 0 Å². The number of benzene rings is 3. The molecule has 5 rings (SSSR count). The summed E-state index contributed by atoms with van der Waals surface area (Å²) in [5.74, 6) is 2.10. The number of tetrazole rings is 1. The van der Waals surface area contributed by atoms with Gasteiger partial charge in [0.05, 0.1) is 26.5 Å². The number of hydrogen-bond donors (Lipinski definition) is 0. The molecule has 0 spiro atoms. The van der Waals surface area contributed by atoms with Gasteiger partial charge in [-0.15, -0.1) is 5.10 Å². The molecule has 0 aliphatic carbocycles. The minimum atomic E-state index is -0.268. The number of para-hydroxylation sites is 3. The smallest absolute Gasteiger partial charge is 0.173 e. The summed E-state index contributed by atoms with van der Waals surface area (Å²) in [4.78, 5) is 4.73. The molecule has 1 saturated heterocycles. The topological polar surface area (TPSA) is 68.5 Å². The molecule has 1 aromatic heterocycles. The molecule has 0 amide bonds. The second-order valence-electron chi connectivity index (χ2n) is 8.66. The highest BCUT2D eigenvalue weighted by Gasteiger charge is 2.33. The van der Waals surface area contributed by atoms with Crippen molar-refractivity contribution in [3.63, 3.8) is 0 Å². The molecule has 0 N–H and O–H groups in total. The van der Waals surface area contributed by atoms with E-state index in [0.29, 0.717) is 6.54 Å². The third-order valence-electron chi connectivity index (χ3n) is 6.59. The average Bonchev–Trinajstić information content (AvgIpc) is 3.38. The summed E-state index contributed by atoms with van der Waals surface area (Å²) in [6.07, 6.45) is 0. The number of methoxy groups -OCH3 is 2. The van der Waals surface area contributed by atoms with Crippen molar-refractivity contribution in [2.45, 2.75) is 12.6 Å². The van der Waals surface area contributed by atoms with E-state index in [4.69, 9.17) is 9.47 Å². The van der Waals surface area contributed by atoms with E-state index in [9.17, 15) is 4.39 Å². The van der Waals surface area contributed by atoms with Crippen molar-refractivity contribution >= 4 is 5.69 Å². The first-order valence-electron chi connectivity index (χ1n) is 11.9. The lowest BCUT2D eigenvalue weighted by atomic mass is 10.0. The second kappa shape index (κ2) is 10.7. The molecule has 1 aliphatic rings. The van der Waals surface area contributed by atoms with E-state index in [1.54, 1.807) is 31.0 Å². The van der Waals surface area contributed by atoms with E-state index in [-0.39, 0.29) is 11.9 Å². The molecule has 2 heterocycles. The molecule has 1 aliphatic heterocycles. The van der Waals surface area contributed by atoms with Crippen LogP contribution in [0.15, 0.2) is 72.8 Å². The lowest BCUT2D eigenvalue weighted by Gasteiger charge is -2.40. The van der Waals surface area contributed by atoms with Gasteiger partial charge in [-0.1, -0.05) is 42.5 Å². The average molecular weight is 489 g/mol. The van der Waals surface area contributed by atoms with Crippen LogP contribution < -0.4 is 14.4 Å². The van der Waals surface area contributed by atoms with Crippen molar-refractivity contribution in [2.24, 2.45) is 0 Å². The zero-order chi connectivity index (χ0) is 24.9. The van der Waals surface area contributed by atoms with Crippen LogP contribution in [0.3, 0.4) is 0 Å². The van der Waals surface area contributed by atoms with Gasteiger partial charge in [-0.3, -0.25) is 4.90 Å². The van der Waals surface area contributed by atoms with Gasteiger partial charge in [0.25, 0.3) is 0 Å². The fourth-order valence-electron chi connectivity index (χ4n) is 4.79. The van der Waals surface area contributed by atoms with E-state index in [0.717, 1.165) is 60.3 Å². The van der Waals surface area contributed by atoms with Crippen LogP contribution in [0.1, 0.15) is 23.0 Å². The lowest BCUT2D eigenvalue weighted by molar-refractivity contribution is 0.197. The van der Waals surface area contributed by atoms with Crippen LogP contribution in [0.5, 0.6) is 11.5 Å².